The number of nitrogens with zero attached hydrogens (tertiary/aromatic N) is 4. The highest BCUT2D eigenvalue weighted by Gasteiger charge is 2.20. The molecule has 0 aliphatic heterocycles. The van der Waals surface area contributed by atoms with Gasteiger partial charge < -0.3 is 16.0 Å². The summed E-state index contributed by atoms with van der Waals surface area (Å²) in [6.07, 6.45) is 13.7. The molecule has 49 heavy (non-hydrogen) atoms. The number of anilines is 2. The molecule has 2 aromatic rings. The van der Waals surface area contributed by atoms with Crippen LogP contribution in [0.3, 0.4) is 0 Å². The second kappa shape index (κ2) is 23.4. The summed E-state index contributed by atoms with van der Waals surface area (Å²) in [5.74, 6) is 2.81. The Hall–Kier alpha value is -3.03. The van der Waals surface area contributed by atoms with Gasteiger partial charge in [-0.05, 0) is 74.8 Å². The van der Waals surface area contributed by atoms with Crippen LogP contribution in [-0.4, -0.2) is 45.3 Å². The van der Waals surface area contributed by atoms with Crippen LogP contribution < -0.4 is 16.0 Å². The van der Waals surface area contributed by atoms with E-state index < -0.39 is 9.84 Å². The van der Waals surface area contributed by atoms with Crippen LogP contribution in [0.25, 0.3) is 0 Å². The molecule has 9 nitrogen and oxygen atoms in total. The molecule has 0 fully saturated rings. The summed E-state index contributed by atoms with van der Waals surface area (Å²) in [6.45, 7) is 17.9. The van der Waals surface area contributed by atoms with E-state index in [-0.39, 0.29) is 10.6 Å². The average Bonchev–Trinajstić information content (AvgIpc) is 3.11. The second-order valence-corrected chi connectivity index (χ2v) is 15.6. The van der Waals surface area contributed by atoms with Gasteiger partial charge in [0.15, 0.2) is 15.7 Å². The number of aromatic nitrogens is 1. The van der Waals surface area contributed by atoms with Gasteiger partial charge in [0.1, 0.15) is 17.6 Å². The first-order chi connectivity index (χ1) is 23.7. The first-order valence-electron chi connectivity index (χ1n) is 19.0. The van der Waals surface area contributed by atoms with E-state index in [1.807, 2.05) is 6.92 Å². The Balaban J connectivity index is 2.29. The van der Waals surface area contributed by atoms with Crippen LogP contribution in [0.5, 0.6) is 0 Å². The molecular formula is C39H65N7O2S. The Morgan fingerprint density at radius 1 is 0.755 bits per heavy atom. The van der Waals surface area contributed by atoms with E-state index >= 15 is 0 Å². The Morgan fingerprint density at radius 3 is 1.76 bits per heavy atom. The molecule has 3 atom stereocenters. The average molecular weight is 696 g/mol. The highest BCUT2D eigenvalue weighted by atomic mass is 32.2. The molecule has 10 heteroatoms. The summed E-state index contributed by atoms with van der Waals surface area (Å²) < 4.78 is 26.1. The molecule has 1 heterocycles. The topological polar surface area (TPSA) is 132 Å². The molecular weight excluding hydrogens is 631 g/mol. The largest absolute Gasteiger partial charge is 0.369 e. The SMILES string of the molecule is CCCCC(CC)CNCCS(=O)(=O)c1ccc(/N=N/c2c(NCC(CC)CCCC)nc(NCC(CC)CCCC)c(C#N)c2C)cc1. The van der Waals surface area contributed by atoms with Crippen LogP contribution in [0, 0.1) is 36.0 Å². The third-order valence-corrected chi connectivity index (χ3v) is 11.4. The van der Waals surface area contributed by atoms with Gasteiger partial charge in [-0.15, -0.1) is 5.11 Å². The summed E-state index contributed by atoms with van der Waals surface area (Å²) >= 11 is 0. The summed E-state index contributed by atoms with van der Waals surface area (Å²) in [7, 11) is -3.43. The minimum absolute atomic E-state index is 0.0455. The zero-order valence-electron chi connectivity index (χ0n) is 31.6. The molecule has 0 aliphatic carbocycles. The number of hydrogen-bond acceptors (Lipinski definition) is 9. The fourth-order valence-corrected chi connectivity index (χ4v) is 7.17. The number of unbranched alkanes of at least 4 members (excludes halogenated alkanes) is 3. The summed E-state index contributed by atoms with van der Waals surface area (Å²) in [6, 6.07) is 8.91. The molecule has 1 aromatic carbocycles. The molecule has 3 N–H and O–H groups in total. The monoisotopic (exact) mass is 695 g/mol. The molecule has 0 saturated heterocycles. The molecule has 274 valence electrons. The van der Waals surface area contributed by atoms with Crippen LogP contribution in [0.4, 0.5) is 23.0 Å². The number of benzene rings is 1. The summed E-state index contributed by atoms with van der Waals surface area (Å²) in [5, 5.41) is 29.7. The standard InChI is InChI=1S/C39H65N7O2S/c1-8-14-17-31(11-4)27-41-24-25-49(47,48)35-22-20-34(21-23-35)45-46-37-30(7)36(26-40)38(42-28-32(12-5)18-15-9-2)44-39(37)43-29-33(13-6)19-16-10-3/h20-23,31-33,41H,8-19,24-25,27-29H2,1-7H3,(H2,42,43,44)/b46-45+. The fraction of sp³-hybridized carbons (Fsp3) is 0.692. The molecule has 0 aliphatic rings. The summed E-state index contributed by atoms with van der Waals surface area (Å²) in [5.41, 5.74) is 2.23. The van der Waals surface area contributed by atoms with Crippen molar-refractivity contribution in [1.82, 2.24) is 10.3 Å². The number of hydrogen-bond donors (Lipinski definition) is 3. The van der Waals surface area contributed by atoms with Gasteiger partial charge in [0.2, 0.25) is 0 Å². The maximum absolute atomic E-state index is 13.0. The van der Waals surface area contributed by atoms with E-state index in [9.17, 15) is 13.7 Å². The summed E-state index contributed by atoms with van der Waals surface area (Å²) in [4.78, 5) is 5.19. The van der Waals surface area contributed by atoms with E-state index in [1.54, 1.807) is 24.3 Å². The van der Waals surface area contributed by atoms with E-state index in [1.165, 1.54) is 32.1 Å². The zero-order chi connectivity index (χ0) is 36.1. The van der Waals surface area contributed by atoms with Crippen LogP contribution in [0.2, 0.25) is 0 Å². The van der Waals surface area contributed by atoms with E-state index in [2.05, 4.69) is 73.8 Å². The normalized spacial score (nSPS) is 13.7. The number of rotatable bonds is 26. The van der Waals surface area contributed by atoms with Crippen molar-refractivity contribution in [3.8, 4) is 6.07 Å². The van der Waals surface area contributed by atoms with Gasteiger partial charge in [-0.3, -0.25) is 0 Å². The van der Waals surface area contributed by atoms with Crippen molar-refractivity contribution in [3.63, 3.8) is 0 Å². The molecule has 0 amide bonds. The molecule has 0 saturated carbocycles. The first-order valence-corrected chi connectivity index (χ1v) is 20.7. The second-order valence-electron chi connectivity index (χ2n) is 13.5. The fourth-order valence-electron chi connectivity index (χ4n) is 5.98. The van der Waals surface area contributed by atoms with Crippen LogP contribution >= 0.6 is 0 Å². The molecule has 1 aromatic heterocycles. The van der Waals surface area contributed by atoms with Crippen molar-refractivity contribution in [2.75, 3.05) is 42.6 Å². The molecule has 0 spiro atoms. The zero-order valence-corrected chi connectivity index (χ0v) is 32.4. The third-order valence-electron chi connectivity index (χ3n) is 9.71. The van der Waals surface area contributed by atoms with E-state index in [4.69, 9.17) is 4.98 Å². The maximum Gasteiger partial charge on any atom is 0.179 e. The lowest BCUT2D eigenvalue weighted by Crippen LogP contribution is -2.28. The third kappa shape index (κ3) is 14.4. The number of nitriles is 1. The molecule has 2 rings (SSSR count). The Kier molecular flexibility index (Phi) is 20.1. The maximum atomic E-state index is 13.0. The van der Waals surface area contributed by atoms with Gasteiger partial charge in [0.25, 0.3) is 0 Å². The van der Waals surface area contributed by atoms with Gasteiger partial charge in [0, 0.05) is 25.2 Å². The van der Waals surface area contributed by atoms with Crippen molar-refractivity contribution in [2.45, 2.75) is 130 Å². The minimum atomic E-state index is -3.43. The van der Waals surface area contributed by atoms with Crippen molar-refractivity contribution in [2.24, 2.45) is 28.0 Å². The van der Waals surface area contributed by atoms with E-state index in [0.29, 0.717) is 58.4 Å². The van der Waals surface area contributed by atoms with Crippen molar-refractivity contribution in [1.29, 1.82) is 5.26 Å². The Morgan fingerprint density at radius 2 is 1.27 bits per heavy atom. The van der Waals surface area contributed by atoms with Crippen LogP contribution in [0.1, 0.15) is 130 Å². The molecule has 3 unspecified atom stereocenters. The van der Waals surface area contributed by atoms with Crippen LogP contribution in [-0.2, 0) is 9.84 Å². The van der Waals surface area contributed by atoms with Crippen molar-refractivity contribution >= 4 is 32.8 Å². The molecule has 0 bridgehead atoms. The lowest BCUT2D eigenvalue weighted by atomic mass is 9.99. The highest BCUT2D eigenvalue weighted by molar-refractivity contribution is 7.91. The number of pyridine rings is 1. The lowest BCUT2D eigenvalue weighted by molar-refractivity contribution is 0.424. The Labute approximate surface area is 298 Å². The number of sulfone groups is 1. The first kappa shape index (κ1) is 42.1. The Bertz CT molecular complexity index is 1400. The van der Waals surface area contributed by atoms with E-state index in [0.717, 1.165) is 64.6 Å². The number of nitrogens with one attached hydrogen (secondary N) is 3. The predicted molar refractivity (Wildman–Crippen MR) is 206 cm³/mol. The molecule has 0 radical (unpaired) electrons. The van der Waals surface area contributed by atoms with Gasteiger partial charge in [-0.25, -0.2) is 13.4 Å². The number of azo groups is 1. The van der Waals surface area contributed by atoms with Gasteiger partial charge in [-0.2, -0.15) is 10.4 Å². The van der Waals surface area contributed by atoms with Crippen molar-refractivity contribution in [3.05, 3.63) is 35.4 Å². The lowest BCUT2D eigenvalue weighted by Gasteiger charge is -2.20. The minimum Gasteiger partial charge on any atom is -0.369 e. The van der Waals surface area contributed by atoms with Crippen molar-refractivity contribution < 1.29 is 8.42 Å². The van der Waals surface area contributed by atoms with Gasteiger partial charge >= 0.3 is 0 Å². The highest BCUT2D eigenvalue weighted by Crippen LogP contribution is 2.35. The van der Waals surface area contributed by atoms with Gasteiger partial charge in [-0.1, -0.05) is 99.3 Å². The van der Waals surface area contributed by atoms with Gasteiger partial charge in [0.05, 0.1) is 21.9 Å². The smallest absolute Gasteiger partial charge is 0.179 e. The predicted octanol–water partition coefficient (Wildman–Crippen LogP) is 10.5. The quantitative estimate of drug-likeness (QED) is 0.0659. The van der Waals surface area contributed by atoms with Crippen LogP contribution in [0.15, 0.2) is 39.4 Å².